The predicted molar refractivity (Wildman–Crippen MR) is 68.8 cm³/mol. The minimum Gasteiger partial charge on any atom is -0.340 e. The van der Waals surface area contributed by atoms with Crippen LogP contribution < -0.4 is 0 Å². The largest absolute Gasteiger partial charge is 0.340 e. The van der Waals surface area contributed by atoms with Crippen molar-refractivity contribution in [2.75, 3.05) is 6.54 Å². The molecule has 1 aliphatic heterocycles. The van der Waals surface area contributed by atoms with Crippen molar-refractivity contribution in [1.29, 1.82) is 0 Å². The highest BCUT2D eigenvalue weighted by Gasteiger charge is 2.29. The molecule has 0 unspecified atom stereocenters. The molecule has 5 heteroatoms. The van der Waals surface area contributed by atoms with E-state index in [0.29, 0.717) is 6.54 Å². The van der Waals surface area contributed by atoms with Gasteiger partial charge in [0.25, 0.3) is 0 Å². The van der Waals surface area contributed by atoms with Gasteiger partial charge in [0.05, 0.1) is 22.4 Å². The molecule has 1 aliphatic rings. The maximum absolute atomic E-state index is 11.8. The zero-order chi connectivity index (χ0) is 11.8. The van der Waals surface area contributed by atoms with Gasteiger partial charge >= 0.3 is 0 Å². The maximum atomic E-state index is 11.8. The van der Waals surface area contributed by atoms with Crippen LogP contribution >= 0.6 is 15.9 Å². The normalized spacial score (nSPS) is 20.4. The molecule has 4 nitrogen and oxygen atoms in total. The zero-order valence-corrected chi connectivity index (χ0v) is 10.8. The van der Waals surface area contributed by atoms with Crippen LogP contribution in [0.2, 0.25) is 0 Å². The molecule has 2 heterocycles. The van der Waals surface area contributed by atoms with Gasteiger partial charge in [-0.1, -0.05) is 28.1 Å². The Bertz CT molecular complexity index is 533. The van der Waals surface area contributed by atoms with Crippen LogP contribution in [0.25, 0.3) is 11.0 Å². The highest BCUT2D eigenvalue weighted by Crippen LogP contribution is 2.20. The Balaban J connectivity index is 1.83. The van der Waals surface area contributed by atoms with E-state index in [2.05, 4.69) is 25.9 Å². The van der Waals surface area contributed by atoms with E-state index in [1.54, 1.807) is 0 Å². The number of amides is 1. The lowest BCUT2D eigenvalue weighted by molar-refractivity contribution is -0.127. The van der Waals surface area contributed by atoms with Gasteiger partial charge in [-0.25, -0.2) is 4.98 Å². The number of halogens is 1. The van der Waals surface area contributed by atoms with Crippen molar-refractivity contribution in [3.8, 4) is 0 Å². The molecule has 17 heavy (non-hydrogen) atoms. The van der Waals surface area contributed by atoms with Crippen LogP contribution in [0.1, 0.15) is 12.2 Å². The summed E-state index contributed by atoms with van der Waals surface area (Å²) in [5.41, 5.74) is 1.97. The molecule has 0 bridgehead atoms. The average molecular weight is 294 g/mol. The Morgan fingerprint density at radius 2 is 2.29 bits per heavy atom. The van der Waals surface area contributed by atoms with Gasteiger partial charge in [-0.05, 0) is 18.6 Å². The molecule has 2 aromatic rings. The number of carbonyl (C=O) groups is 1. The lowest BCUT2D eigenvalue weighted by Crippen LogP contribution is -2.27. The minimum atomic E-state index is -0.0214. The summed E-state index contributed by atoms with van der Waals surface area (Å²) < 4.78 is 0. The molecule has 1 aromatic heterocycles. The van der Waals surface area contributed by atoms with Crippen molar-refractivity contribution in [3.05, 3.63) is 30.1 Å². The number of nitrogens with zero attached hydrogens (tertiary/aromatic N) is 2. The van der Waals surface area contributed by atoms with Crippen molar-refractivity contribution in [1.82, 2.24) is 14.9 Å². The first-order chi connectivity index (χ1) is 8.24. The molecule has 3 rings (SSSR count). The monoisotopic (exact) mass is 293 g/mol. The van der Waals surface area contributed by atoms with Crippen molar-refractivity contribution in [2.24, 2.45) is 0 Å². The molecule has 1 aromatic carbocycles. The number of benzene rings is 1. The molecule has 0 saturated carbocycles. The summed E-state index contributed by atoms with van der Waals surface area (Å²) in [5, 5.41) is 0. The molecule has 1 fully saturated rings. The van der Waals surface area contributed by atoms with E-state index in [0.717, 1.165) is 29.8 Å². The fraction of sp³-hybridized carbons (Fsp3) is 0.333. The molecular formula is C12H12BrN3O. The Hall–Kier alpha value is -1.36. The lowest BCUT2D eigenvalue weighted by atomic mass is 10.3. The molecule has 1 amide bonds. The quantitative estimate of drug-likeness (QED) is 0.862. The summed E-state index contributed by atoms with van der Waals surface area (Å²) in [6.07, 6.45) is 0.874. The van der Waals surface area contributed by atoms with Gasteiger partial charge in [0, 0.05) is 6.54 Å². The second-order valence-electron chi connectivity index (χ2n) is 4.22. The SMILES string of the molecule is O=C1[C@@H](Br)CCN1Cc1nc2ccccc2[nH]1. The van der Waals surface area contributed by atoms with E-state index < -0.39 is 0 Å². The summed E-state index contributed by atoms with van der Waals surface area (Å²) in [7, 11) is 0. The maximum Gasteiger partial charge on any atom is 0.236 e. The Labute approximate surface area is 107 Å². The van der Waals surface area contributed by atoms with Gasteiger partial charge in [0.15, 0.2) is 0 Å². The third kappa shape index (κ3) is 1.95. The first kappa shape index (κ1) is 10.8. The first-order valence-corrected chi connectivity index (χ1v) is 6.52. The number of rotatable bonds is 2. The fourth-order valence-electron chi connectivity index (χ4n) is 2.12. The smallest absolute Gasteiger partial charge is 0.236 e. The number of aromatic nitrogens is 2. The number of imidazole rings is 1. The van der Waals surface area contributed by atoms with Crippen LogP contribution in [0.3, 0.4) is 0 Å². The fourth-order valence-corrected chi connectivity index (χ4v) is 2.61. The second-order valence-corrected chi connectivity index (χ2v) is 5.32. The number of H-pyrrole nitrogens is 1. The number of alkyl halides is 1. The highest BCUT2D eigenvalue weighted by molar-refractivity contribution is 9.10. The van der Waals surface area contributed by atoms with Gasteiger partial charge < -0.3 is 9.88 Å². The molecule has 1 atom stereocenters. The van der Waals surface area contributed by atoms with Gasteiger partial charge in [0.1, 0.15) is 5.82 Å². The molecule has 0 spiro atoms. The van der Waals surface area contributed by atoms with Gasteiger partial charge in [0.2, 0.25) is 5.91 Å². The van der Waals surface area contributed by atoms with Crippen LogP contribution in [-0.2, 0) is 11.3 Å². The third-order valence-electron chi connectivity index (χ3n) is 3.01. The van der Waals surface area contributed by atoms with Gasteiger partial charge in [-0.2, -0.15) is 0 Å². The Kier molecular flexibility index (Phi) is 2.63. The number of carbonyl (C=O) groups excluding carboxylic acids is 1. The van der Waals surface area contributed by atoms with Crippen molar-refractivity contribution < 1.29 is 4.79 Å². The molecule has 1 saturated heterocycles. The van der Waals surface area contributed by atoms with Crippen LogP contribution in [0.15, 0.2) is 24.3 Å². The van der Waals surface area contributed by atoms with Crippen molar-refractivity contribution >= 4 is 32.9 Å². The number of fused-ring (bicyclic) bond motifs is 1. The Morgan fingerprint density at radius 3 is 3.00 bits per heavy atom. The average Bonchev–Trinajstić information content (AvgIpc) is 2.87. The van der Waals surface area contributed by atoms with Crippen molar-refractivity contribution in [3.63, 3.8) is 0 Å². The standard InChI is InChI=1S/C12H12BrN3O/c13-8-5-6-16(12(8)17)7-11-14-9-3-1-2-4-10(9)15-11/h1-4,8H,5-7H2,(H,14,15)/t8-/m0/s1. The number of aromatic amines is 1. The van der Waals surface area contributed by atoms with Crippen molar-refractivity contribution in [2.45, 2.75) is 17.8 Å². The predicted octanol–water partition coefficient (Wildman–Crippen LogP) is 2.06. The molecule has 0 aliphatic carbocycles. The number of likely N-dealkylation sites (tertiary alicyclic amines) is 1. The molecule has 88 valence electrons. The second kappa shape index (κ2) is 4.14. The summed E-state index contributed by atoms with van der Waals surface area (Å²) >= 11 is 3.37. The zero-order valence-electron chi connectivity index (χ0n) is 9.19. The molecule has 0 radical (unpaired) electrons. The van der Waals surface area contributed by atoms with E-state index >= 15 is 0 Å². The summed E-state index contributed by atoms with van der Waals surface area (Å²) in [4.78, 5) is 21.3. The first-order valence-electron chi connectivity index (χ1n) is 5.60. The minimum absolute atomic E-state index is 0.0214. The topological polar surface area (TPSA) is 49.0 Å². The molecular weight excluding hydrogens is 282 g/mol. The number of hydrogen-bond acceptors (Lipinski definition) is 2. The van der Waals surface area contributed by atoms with Crippen LogP contribution in [0.5, 0.6) is 0 Å². The van der Waals surface area contributed by atoms with Crippen LogP contribution in [0, 0.1) is 0 Å². The summed E-state index contributed by atoms with van der Waals surface area (Å²) in [6.45, 7) is 1.36. The van der Waals surface area contributed by atoms with E-state index in [-0.39, 0.29) is 10.7 Å². The van der Waals surface area contributed by atoms with E-state index in [9.17, 15) is 4.79 Å². The van der Waals surface area contributed by atoms with Crippen LogP contribution in [0.4, 0.5) is 0 Å². The van der Waals surface area contributed by atoms with Crippen LogP contribution in [-0.4, -0.2) is 32.1 Å². The lowest BCUT2D eigenvalue weighted by Gasteiger charge is -2.13. The summed E-state index contributed by atoms with van der Waals surface area (Å²) in [5.74, 6) is 1.01. The van der Waals surface area contributed by atoms with Gasteiger partial charge in [-0.3, -0.25) is 4.79 Å². The molecule has 1 N–H and O–H groups in total. The number of hydrogen-bond donors (Lipinski definition) is 1. The van der Waals surface area contributed by atoms with E-state index in [1.165, 1.54) is 0 Å². The third-order valence-corrected chi connectivity index (χ3v) is 3.86. The number of para-hydroxylation sites is 2. The van der Waals surface area contributed by atoms with E-state index in [4.69, 9.17) is 0 Å². The summed E-state index contributed by atoms with van der Waals surface area (Å²) in [6, 6.07) is 7.89. The van der Waals surface area contributed by atoms with Gasteiger partial charge in [-0.15, -0.1) is 0 Å². The number of nitrogens with one attached hydrogen (secondary N) is 1. The highest BCUT2D eigenvalue weighted by atomic mass is 79.9. The Morgan fingerprint density at radius 1 is 1.47 bits per heavy atom. The van der Waals surface area contributed by atoms with E-state index in [1.807, 2.05) is 29.2 Å².